The van der Waals surface area contributed by atoms with Crippen LogP contribution < -0.4 is 5.32 Å². The molecule has 0 bridgehead atoms. The van der Waals surface area contributed by atoms with Gasteiger partial charge in [-0.25, -0.2) is 9.59 Å². The van der Waals surface area contributed by atoms with Crippen molar-refractivity contribution in [1.29, 1.82) is 0 Å². The van der Waals surface area contributed by atoms with Gasteiger partial charge in [0.15, 0.2) is 11.0 Å². The Labute approximate surface area is 215 Å². The molecule has 11 nitrogen and oxygen atoms in total. The fraction of sp³-hybridized carbons (Fsp3) is 0.435. The van der Waals surface area contributed by atoms with Gasteiger partial charge in [0.25, 0.3) is 0 Å². The molecule has 3 aromatic rings. The van der Waals surface area contributed by atoms with Gasteiger partial charge in [-0.15, -0.1) is 21.5 Å². The maximum Gasteiger partial charge on any atom is 0.348 e. The standard InChI is InChI=1S/C23H26N4O7S2/c1-12-17(21(29)31-3)20(36-18(12)22(30)32-4)24-16(28)11-35-23-26-25-19(15-7-9-33-13(15)2)27(23)10-14-6-5-8-34-14/h7,9,14H,5-6,8,10-11H2,1-4H3,(H,24,28). The normalized spacial score (nSPS) is 15.2. The minimum atomic E-state index is -0.654. The maximum absolute atomic E-state index is 12.9. The summed E-state index contributed by atoms with van der Waals surface area (Å²) in [5, 5.41) is 12.2. The van der Waals surface area contributed by atoms with Crippen LogP contribution in [0.15, 0.2) is 21.9 Å². The van der Waals surface area contributed by atoms with Gasteiger partial charge < -0.3 is 23.9 Å². The molecule has 0 aliphatic carbocycles. The second kappa shape index (κ2) is 11.3. The third-order valence-electron chi connectivity index (χ3n) is 5.72. The molecule has 0 spiro atoms. The molecule has 36 heavy (non-hydrogen) atoms. The number of hydrogen-bond donors (Lipinski definition) is 1. The van der Waals surface area contributed by atoms with Crippen molar-refractivity contribution in [2.24, 2.45) is 0 Å². The quantitative estimate of drug-likeness (QED) is 0.320. The van der Waals surface area contributed by atoms with E-state index in [1.807, 2.05) is 17.6 Å². The number of aryl methyl sites for hydroxylation is 1. The number of carbonyl (C=O) groups is 3. The van der Waals surface area contributed by atoms with Crippen LogP contribution in [-0.2, 0) is 25.5 Å². The Morgan fingerprint density at radius 1 is 1.22 bits per heavy atom. The number of ether oxygens (including phenoxy) is 3. The predicted octanol–water partition coefficient (Wildman–Crippen LogP) is 3.70. The number of nitrogens with zero attached hydrogens (tertiary/aromatic N) is 3. The van der Waals surface area contributed by atoms with Crippen LogP contribution in [0, 0.1) is 13.8 Å². The van der Waals surface area contributed by atoms with Crippen molar-refractivity contribution in [1.82, 2.24) is 14.8 Å². The summed E-state index contributed by atoms with van der Waals surface area (Å²) in [6, 6.07) is 1.83. The molecular formula is C23H26N4O7S2. The van der Waals surface area contributed by atoms with Crippen LogP contribution in [0.1, 0.15) is 44.2 Å². The molecule has 192 valence electrons. The van der Waals surface area contributed by atoms with Crippen LogP contribution >= 0.6 is 23.1 Å². The average molecular weight is 535 g/mol. The fourth-order valence-electron chi connectivity index (χ4n) is 3.90. The Bertz CT molecular complexity index is 1270. The third-order valence-corrected chi connectivity index (χ3v) is 7.87. The van der Waals surface area contributed by atoms with Gasteiger partial charge in [0, 0.05) is 6.61 Å². The lowest BCUT2D eigenvalue weighted by atomic mass is 10.1. The summed E-state index contributed by atoms with van der Waals surface area (Å²) in [5.74, 6) is -0.269. The minimum Gasteiger partial charge on any atom is -0.469 e. The number of aromatic nitrogens is 3. The van der Waals surface area contributed by atoms with Crippen LogP contribution in [0.25, 0.3) is 11.4 Å². The highest BCUT2D eigenvalue weighted by Crippen LogP contribution is 2.35. The second-order valence-corrected chi connectivity index (χ2v) is 9.99. The summed E-state index contributed by atoms with van der Waals surface area (Å²) < 4.78 is 22.8. The molecule has 1 amide bonds. The SMILES string of the molecule is COC(=O)c1sc(NC(=O)CSc2nnc(-c3ccoc3C)n2CC2CCCO2)c(C(=O)OC)c1C. The van der Waals surface area contributed by atoms with Gasteiger partial charge in [-0.1, -0.05) is 11.8 Å². The van der Waals surface area contributed by atoms with Crippen LogP contribution in [-0.4, -0.2) is 65.3 Å². The third kappa shape index (κ3) is 5.32. The van der Waals surface area contributed by atoms with E-state index in [9.17, 15) is 14.4 Å². The highest BCUT2D eigenvalue weighted by molar-refractivity contribution is 7.99. The first-order chi connectivity index (χ1) is 17.3. The lowest BCUT2D eigenvalue weighted by molar-refractivity contribution is -0.113. The lowest BCUT2D eigenvalue weighted by Crippen LogP contribution is -2.18. The lowest BCUT2D eigenvalue weighted by Gasteiger charge is -2.14. The molecule has 0 saturated carbocycles. The van der Waals surface area contributed by atoms with Crippen LogP contribution in [0.2, 0.25) is 0 Å². The van der Waals surface area contributed by atoms with Gasteiger partial charge in [-0.3, -0.25) is 9.36 Å². The molecule has 1 fully saturated rings. The van der Waals surface area contributed by atoms with Crippen LogP contribution in [0.4, 0.5) is 5.00 Å². The Balaban J connectivity index is 1.53. The van der Waals surface area contributed by atoms with E-state index >= 15 is 0 Å². The van der Waals surface area contributed by atoms with Crippen molar-refractivity contribution in [2.45, 2.75) is 44.5 Å². The molecule has 1 aliphatic rings. The van der Waals surface area contributed by atoms with Gasteiger partial charge >= 0.3 is 11.9 Å². The first kappa shape index (κ1) is 25.9. The Hall–Kier alpha value is -3.16. The summed E-state index contributed by atoms with van der Waals surface area (Å²) in [5.41, 5.74) is 1.34. The molecule has 13 heteroatoms. The number of hydrogen-bond acceptors (Lipinski definition) is 11. The van der Waals surface area contributed by atoms with E-state index in [2.05, 4.69) is 15.5 Å². The van der Waals surface area contributed by atoms with Crippen molar-refractivity contribution in [3.8, 4) is 11.4 Å². The molecule has 4 heterocycles. The Morgan fingerprint density at radius 3 is 2.64 bits per heavy atom. The topological polar surface area (TPSA) is 135 Å². The van der Waals surface area contributed by atoms with Gasteiger partial charge in [0.05, 0.1) is 50.0 Å². The van der Waals surface area contributed by atoms with Crippen molar-refractivity contribution >= 4 is 45.9 Å². The fourth-order valence-corrected chi connectivity index (χ4v) is 5.77. The number of anilines is 1. The van der Waals surface area contributed by atoms with Crippen molar-refractivity contribution in [2.75, 3.05) is 31.9 Å². The van der Waals surface area contributed by atoms with E-state index in [0.29, 0.717) is 29.7 Å². The monoisotopic (exact) mass is 534 g/mol. The van der Waals surface area contributed by atoms with Crippen molar-refractivity contribution < 1.29 is 33.0 Å². The van der Waals surface area contributed by atoms with E-state index in [4.69, 9.17) is 18.6 Å². The number of nitrogens with one attached hydrogen (secondary N) is 1. The maximum atomic E-state index is 12.9. The zero-order valence-electron chi connectivity index (χ0n) is 20.3. The molecule has 1 N–H and O–H groups in total. The van der Waals surface area contributed by atoms with E-state index in [1.54, 1.807) is 13.2 Å². The zero-order chi connectivity index (χ0) is 25.8. The first-order valence-electron chi connectivity index (χ1n) is 11.2. The Morgan fingerprint density at radius 2 is 2.00 bits per heavy atom. The number of esters is 2. The van der Waals surface area contributed by atoms with Crippen molar-refractivity contribution in [3.63, 3.8) is 0 Å². The molecule has 1 aliphatic heterocycles. The van der Waals surface area contributed by atoms with Gasteiger partial charge in [-0.2, -0.15) is 0 Å². The Kier molecular flexibility index (Phi) is 8.11. The number of carbonyl (C=O) groups excluding carboxylic acids is 3. The smallest absolute Gasteiger partial charge is 0.348 e. The zero-order valence-corrected chi connectivity index (χ0v) is 21.9. The summed E-state index contributed by atoms with van der Waals surface area (Å²) >= 11 is 2.18. The molecule has 1 unspecified atom stereocenters. The number of methoxy groups -OCH3 is 2. The molecule has 1 saturated heterocycles. The largest absolute Gasteiger partial charge is 0.469 e. The molecule has 1 atom stereocenters. The van der Waals surface area contributed by atoms with Gasteiger partial charge in [-0.05, 0) is 38.3 Å². The number of thiophene rings is 1. The molecular weight excluding hydrogens is 508 g/mol. The van der Waals surface area contributed by atoms with E-state index < -0.39 is 11.9 Å². The summed E-state index contributed by atoms with van der Waals surface area (Å²) in [4.78, 5) is 37.5. The summed E-state index contributed by atoms with van der Waals surface area (Å²) in [7, 11) is 2.49. The molecule has 4 rings (SSSR count). The molecule has 0 aromatic carbocycles. The van der Waals surface area contributed by atoms with Gasteiger partial charge in [0.1, 0.15) is 15.6 Å². The second-order valence-electron chi connectivity index (χ2n) is 8.02. The predicted molar refractivity (Wildman–Crippen MR) is 133 cm³/mol. The molecule has 0 radical (unpaired) electrons. The summed E-state index contributed by atoms with van der Waals surface area (Å²) in [6.07, 6.45) is 3.56. The van der Waals surface area contributed by atoms with Crippen LogP contribution in [0.3, 0.4) is 0 Å². The number of rotatable bonds is 9. The van der Waals surface area contributed by atoms with Crippen molar-refractivity contribution in [3.05, 3.63) is 34.1 Å². The van der Waals surface area contributed by atoms with Crippen LogP contribution in [0.5, 0.6) is 0 Å². The number of amides is 1. The number of furan rings is 1. The average Bonchev–Trinajstić information content (AvgIpc) is 3.66. The highest BCUT2D eigenvalue weighted by atomic mass is 32.2. The first-order valence-corrected chi connectivity index (χ1v) is 13.0. The number of thioether (sulfide) groups is 1. The minimum absolute atomic E-state index is 0.000849. The molecule has 3 aromatic heterocycles. The summed E-state index contributed by atoms with van der Waals surface area (Å²) in [6.45, 7) is 4.72. The van der Waals surface area contributed by atoms with Gasteiger partial charge in [0.2, 0.25) is 5.91 Å². The highest BCUT2D eigenvalue weighted by Gasteiger charge is 2.27. The van der Waals surface area contributed by atoms with E-state index in [1.165, 1.54) is 26.0 Å². The van der Waals surface area contributed by atoms with E-state index in [0.717, 1.165) is 35.5 Å². The van der Waals surface area contributed by atoms with E-state index in [-0.39, 0.29) is 33.2 Å².